The molecule has 0 bridgehead atoms. The first-order chi connectivity index (χ1) is 13.3. The van der Waals surface area contributed by atoms with Crippen molar-refractivity contribution in [2.75, 3.05) is 5.73 Å². The number of anilines is 1. The molecule has 1 unspecified atom stereocenters. The minimum atomic E-state index is -4.53. The Morgan fingerprint density at radius 3 is 2.71 bits per heavy atom. The van der Waals surface area contributed by atoms with Crippen molar-refractivity contribution >= 4 is 16.9 Å². The van der Waals surface area contributed by atoms with E-state index in [0.717, 1.165) is 31.2 Å². The molecule has 11 heteroatoms. The predicted molar refractivity (Wildman–Crippen MR) is 92.6 cm³/mol. The van der Waals surface area contributed by atoms with Crippen molar-refractivity contribution in [3.8, 4) is 11.8 Å². The van der Waals surface area contributed by atoms with Crippen LogP contribution in [0.5, 0.6) is 11.8 Å². The van der Waals surface area contributed by atoms with Crippen molar-refractivity contribution in [3.05, 3.63) is 30.2 Å². The Hall–Kier alpha value is -2.95. The third-order valence-corrected chi connectivity index (χ3v) is 4.76. The van der Waals surface area contributed by atoms with E-state index in [2.05, 4.69) is 20.1 Å². The predicted octanol–water partition coefficient (Wildman–Crippen LogP) is 3.09. The fraction of sp³-hybridized carbons (Fsp3) is 0.412. The number of nitrogens with zero attached hydrogens (tertiary/aromatic N) is 5. The second-order valence-electron chi connectivity index (χ2n) is 6.61. The van der Waals surface area contributed by atoms with Crippen LogP contribution in [0.4, 0.5) is 19.0 Å². The van der Waals surface area contributed by atoms with E-state index in [9.17, 15) is 18.3 Å². The van der Waals surface area contributed by atoms with E-state index < -0.39 is 17.8 Å². The Morgan fingerprint density at radius 1 is 1.18 bits per heavy atom. The number of nitrogen functional groups attached to an aromatic ring is 1. The molecule has 148 valence electrons. The number of rotatable bonds is 3. The summed E-state index contributed by atoms with van der Waals surface area (Å²) < 4.78 is 45.9. The van der Waals surface area contributed by atoms with Gasteiger partial charge in [-0.1, -0.05) is 12.8 Å². The van der Waals surface area contributed by atoms with Crippen LogP contribution in [0.25, 0.3) is 11.0 Å². The van der Waals surface area contributed by atoms with Crippen LogP contribution in [0.15, 0.2) is 24.7 Å². The molecule has 0 radical (unpaired) electrons. The first-order valence-electron chi connectivity index (χ1n) is 8.72. The van der Waals surface area contributed by atoms with E-state index in [1.807, 2.05) is 0 Å². The number of fused-ring (bicyclic) bond motifs is 1. The van der Waals surface area contributed by atoms with Crippen LogP contribution in [0.3, 0.4) is 0 Å². The zero-order chi connectivity index (χ0) is 19.9. The van der Waals surface area contributed by atoms with Crippen molar-refractivity contribution in [2.45, 2.75) is 44.0 Å². The molecule has 1 aliphatic rings. The Bertz CT molecular complexity index is 1010. The first kappa shape index (κ1) is 18.4. The van der Waals surface area contributed by atoms with E-state index in [1.54, 1.807) is 0 Å². The molecule has 0 aliphatic heterocycles. The molecule has 4 rings (SSSR count). The second kappa shape index (κ2) is 6.89. The highest BCUT2D eigenvalue weighted by molar-refractivity contribution is 5.90. The lowest BCUT2D eigenvalue weighted by Gasteiger charge is -2.27. The molecular formula is C17H17F3N6O2. The summed E-state index contributed by atoms with van der Waals surface area (Å²) in [6.45, 7) is 0. The topological polar surface area (TPSA) is 112 Å². The molecule has 3 aromatic heterocycles. The van der Waals surface area contributed by atoms with E-state index in [-0.39, 0.29) is 29.0 Å². The van der Waals surface area contributed by atoms with Gasteiger partial charge in [-0.25, -0.2) is 19.6 Å². The molecule has 0 amide bonds. The molecular weight excluding hydrogens is 377 g/mol. The van der Waals surface area contributed by atoms with Crippen LogP contribution in [0, 0.1) is 0 Å². The maximum Gasteiger partial charge on any atom is 0.416 e. The number of alkyl halides is 3. The molecule has 3 heterocycles. The van der Waals surface area contributed by atoms with Crippen molar-refractivity contribution in [1.29, 1.82) is 0 Å². The maximum atomic E-state index is 12.9. The number of aliphatic hydroxyl groups excluding tert-OH is 1. The second-order valence-corrected chi connectivity index (χ2v) is 6.61. The van der Waals surface area contributed by atoms with Gasteiger partial charge in [0.05, 0.1) is 17.7 Å². The Kier molecular flexibility index (Phi) is 4.53. The lowest BCUT2D eigenvalue weighted by molar-refractivity contribution is -0.137. The van der Waals surface area contributed by atoms with Crippen LogP contribution in [-0.4, -0.2) is 35.9 Å². The molecule has 3 N–H and O–H groups in total. The number of pyridine rings is 1. The van der Waals surface area contributed by atoms with Crippen LogP contribution >= 0.6 is 0 Å². The average molecular weight is 394 g/mol. The van der Waals surface area contributed by atoms with Gasteiger partial charge in [0.15, 0.2) is 5.65 Å². The van der Waals surface area contributed by atoms with Crippen molar-refractivity contribution < 1.29 is 23.0 Å². The van der Waals surface area contributed by atoms with Crippen molar-refractivity contribution in [1.82, 2.24) is 24.7 Å². The highest BCUT2D eigenvalue weighted by atomic mass is 19.4. The summed E-state index contributed by atoms with van der Waals surface area (Å²) in [4.78, 5) is 11.9. The van der Waals surface area contributed by atoms with Gasteiger partial charge >= 0.3 is 6.18 Å². The maximum absolute atomic E-state index is 12.9. The highest BCUT2D eigenvalue weighted by Gasteiger charge is 2.32. The van der Waals surface area contributed by atoms with E-state index in [1.165, 1.54) is 11.0 Å². The average Bonchev–Trinajstić information content (AvgIpc) is 3.01. The minimum Gasteiger partial charge on any atom is -0.418 e. The van der Waals surface area contributed by atoms with E-state index in [0.29, 0.717) is 18.5 Å². The van der Waals surface area contributed by atoms with Gasteiger partial charge in [-0.05, 0) is 18.9 Å². The van der Waals surface area contributed by atoms with E-state index in [4.69, 9.17) is 10.5 Å². The summed E-state index contributed by atoms with van der Waals surface area (Å²) in [5.74, 6) is -0.268. The smallest absolute Gasteiger partial charge is 0.416 e. The van der Waals surface area contributed by atoms with Gasteiger partial charge in [-0.15, -0.1) is 5.10 Å². The van der Waals surface area contributed by atoms with Gasteiger partial charge in [0, 0.05) is 12.3 Å². The van der Waals surface area contributed by atoms with Crippen molar-refractivity contribution in [2.24, 2.45) is 0 Å². The molecule has 3 aromatic rings. The molecule has 0 spiro atoms. The third-order valence-electron chi connectivity index (χ3n) is 4.76. The van der Waals surface area contributed by atoms with Crippen LogP contribution in [-0.2, 0) is 6.18 Å². The molecule has 0 saturated heterocycles. The van der Waals surface area contributed by atoms with Gasteiger partial charge in [0.1, 0.15) is 17.5 Å². The van der Waals surface area contributed by atoms with Gasteiger partial charge < -0.3 is 15.6 Å². The Morgan fingerprint density at radius 2 is 1.96 bits per heavy atom. The van der Waals surface area contributed by atoms with Gasteiger partial charge in [0.25, 0.3) is 5.88 Å². The zero-order valence-corrected chi connectivity index (χ0v) is 14.6. The zero-order valence-electron chi connectivity index (χ0n) is 14.6. The number of nitrogens with two attached hydrogens (primary N) is 1. The lowest BCUT2D eigenvalue weighted by Crippen LogP contribution is -2.28. The molecule has 2 atom stereocenters. The number of hydrogen-bond acceptors (Lipinski definition) is 7. The Labute approximate surface area is 157 Å². The van der Waals surface area contributed by atoms with Gasteiger partial charge in [-0.2, -0.15) is 13.2 Å². The quantitative estimate of drug-likeness (QED) is 0.702. The van der Waals surface area contributed by atoms with Gasteiger partial charge in [-0.3, -0.25) is 0 Å². The first-order valence-corrected chi connectivity index (χ1v) is 8.72. The summed E-state index contributed by atoms with van der Waals surface area (Å²) in [5, 5.41) is 15.0. The minimum absolute atomic E-state index is 0.0577. The Balaban J connectivity index is 1.78. The van der Waals surface area contributed by atoms with Crippen molar-refractivity contribution in [3.63, 3.8) is 0 Å². The molecule has 0 aromatic carbocycles. The molecule has 8 nitrogen and oxygen atoms in total. The molecule has 28 heavy (non-hydrogen) atoms. The normalized spacial score (nSPS) is 20.4. The largest absolute Gasteiger partial charge is 0.418 e. The number of aromatic nitrogens is 5. The number of aliphatic hydroxyl groups is 1. The van der Waals surface area contributed by atoms with Crippen LogP contribution in [0.1, 0.15) is 37.3 Å². The standard InChI is InChI=1S/C17H17F3N6O2/c18-17(19,20)9-5-6-22-12(7-9)28-16-13-14(21)23-8-24-15(13)26(25-16)10-3-1-2-4-11(10)27/h5-8,10-11,27H,1-4H2,(H2,21,23,24)/t10?,11-/m1/s1. The summed E-state index contributed by atoms with van der Waals surface area (Å²) in [6, 6.07) is 1.29. The fourth-order valence-corrected chi connectivity index (χ4v) is 3.38. The summed E-state index contributed by atoms with van der Waals surface area (Å²) in [7, 11) is 0. The molecule has 1 aliphatic carbocycles. The summed E-state index contributed by atoms with van der Waals surface area (Å²) in [5.41, 5.74) is 5.39. The summed E-state index contributed by atoms with van der Waals surface area (Å²) in [6.07, 6.45) is 0.241. The number of hydrogen-bond donors (Lipinski definition) is 2. The third kappa shape index (κ3) is 3.33. The van der Waals surface area contributed by atoms with Gasteiger partial charge in [0.2, 0.25) is 5.88 Å². The highest BCUT2D eigenvalue weighted by Crippen LogP contribution is 2.37. The summed E-state index contributed by atoms with van der Waals surface area (Å²) >= 11 is 0. The van der Waals surface area contributed by atoms with Crippen LogP contribution < -0.4 is 10.5 Å². The SMILES string of the molecule is Nc1ncnc2c1c(Oc1cc(C(F)(F)F)ccn1)nn2C1CCCC[C@H]1O. The lowest BCUT2D eigenvalue weighted by atomic mass is 9.93. The molecule has 1 fully saturated rings. The number of halogens is 3. The van der Waals surface area contributed by atoms with Crippen LogP contribution in [0.2, 0.25) is 0 Å². The molecule has 1 saturated carbocycles. The number of ether oxygens (including phenoxy) is 1. The fourth-order valence-electron chi connectivity index (χ4n) is 3.38. The van der Waals surface area contributed by atoms with E-state index >= 15 is 0 Å². The monoisotopic (exact) mass is 394 g/mol.